The maximum absolute atomic E-state index is 10.6. The van der Waals surface area contributed by atoms with Crippen LogP contribution < -0.4 is 0 Å². The van der Waals surface area contributed by atoms with E-state index in [1.54, 1.807) is 10.9 Å². The van der Waals surface area contributed by atoms with Gasteiger partial charge in [-0.05, 0) is 36.5 Å². The summed E-state index contributed by atoms with van der Waals surface area (Å²) in [6.45, 7) is 0. The lowest BCUT2D eigenvalue weighted by Crippen LogP contribution is -2.19. The number of rotatable bonds is 2. The molecular formula is C15H18N2O. The molecule has 2 unspecified atom stereocenters. The fourth-order valence-electron chi connectivity index (χ4n) is 3.00. The highest BCUT2D eigenvalue weighted by Gasteiger charge is 2.28. The van der Waals surface area contributed by atoms with Crippen LogP contribution in [-0.4, -0.2) is 14.9 Å². The smallest absolute Gasteiger partial charge is 0.102 e. The highest BCUT2D eigenvalue weighted by atomic mass is 16.3. The first-order chi connectivity index (χ1) is 8.77. The molecule has 0 bridgehead atoms. The standard InChI is InChI=1S/C15H18N2O/c1-17-14(9-10-16-17)15(18)13-8-4-6-11-5-2-3-7-12(11)13/h2-3,5,7,9-10,13,15,18H,4,6,8H2,1H3. The van der Waals surface area contributed by atoms with Crippen molar-refractivity contribution in [2.24, 2.45) is 7.05 Å². The topological polar surface area (TPSA) is 38.0 Å². The molecule has 3 heteroatoms. The van der Waals surface area contributed by atoms with Crippen LogP contribution in [0.5, 0.6) is 0 Å². The first-order valence-corrected chi connectivity index (χ1v) is 6.51. The van der Waals surface area contributed by atoms with E-state index in [1.807, 2.05) is 13.1 Å². The number of benzene rings is 1. The quantitative estimate of drug-likeness (QED) is 0.879. The zero-order chi connectivity index (χ0) is 12.5. The minimum Gasteiger partial charge on any atom is -0.386 e. The molecule has 1 heterocycles. The van der Waals surface area contributed by atoms with E-state index in [0.29, 0.717) is 0 Å². The molecule has 0 spiro atoms. The Bertz CT molecular complexity index is 547. The third kappa shape index (κ3) is 1.85. The second-order valence-electron chi connectivity index (χ2n) is 5.02. The van der Waals surface area contributed by atoms with Gasteiger partial charge in [-0.1, -0.05) is 24.3 Å². The maximum Gasteiger partial charge on any atom is 0.102 e. The first kappa shape index (κ1) is 11.5. The van der Waals surface area contributed by atoms with Crippen LogP contribution in [0.1, 0.15) is 41.7 Å². The summed E-state index contributed by atoms with van der Waals surface area (Å²) in [5, 5.41) is 14.7. The van der Waals surface area contributed by atoms with Crippen LogP contribution in [0.4, 0.5) is 0 Å². The van der Waals surface area contributed by atoms with Crippen LogP contribution >= 0.6 is 0 Å². The molecule has 0 fully saturated rings. The van der Waals surface area contributed by atoms with Gasteiger partial charge in [-0.3, -0.25) is 4.68 Å². The SMILES string of the molecule is Cn1nccc1C(O)C1CCCc2ccccc21. The van der Waals surface area contributed by atoms with E-state index >= 15 is 0 Å². The van der Waals surface area contributed by atoms with E-state index < -0.39 is 6.10 Å². The van der Waals surface area contributed by atoms with Crippen molar-refractivity contribution in [1.82, 2.24) is 9.78 Å². The molecule has 0 saturated carbocycles. The van der Waals surface area contributed by atoms with Gasteiger partial charge in [0, 0.05) is 19.2 Å². The third-order valence-corrected chi connectivity index (χ3v) is 3.96. The zero-order valence-electron chi connectivity index (χ0n) is 10.6. The van der Waals surface area contributed by atoms with Crippen molar-refractivity contribution >= 4 is 0 Å². The van der Waals surface area contributed by atoms with Crippen LogP contribution in [0.25, 0.3) is 0 Å². The lowest BCUT2D eigenvalue weighted by atomic mass is 9.79. The Labute approximate surface area is 107 Å². The number of hydrogen-bond donors (Lipinski definition) is 1. The highest BCUT2D eigenvalue weighted by Crippen LogP contribution is 2.39. The predicted molar refractivity (Wildman–Crippen MR) is 70.3 cm³/mol. The molecule has 0 saturated heterocycles. The fourth-order valence-corrected chi connectivity index (χ4v) is 3.00. The Hall–Kier alpha value is -1.61. The Morgan fingerprint density at radius 3 is 2.94 bits per heavy atom. The van der Waals surface area contributed by atoms with Crippen LogP contribution in [0, 0.1) is 0 Å². The van der Waals surface area contributed by atoms with E-state index in [4.69, 9.17) is 0 Å². The van der Waals surface area contributed by atoms with E-state index in [9.17, 15) is 5.11 Å². The second-order valence-corrected chi connectivity index (χ2v) is 5.02. The molecule has 1 aromatic carbocycles. The Morgan fingerprint density at radius 1 is 1.33 bits per heavy atom. The summed E-state index contributed by atoms with van der Waals surface area (Å²) >= 11 is 0. The Balaban J connectivity index is 1.97. The van der Waals surface area contributed by atoms with Gasteiger partial charge < -0.3 is 5.11 Å². The summed E-state index contributed by atoms with van der Waals surface area (Å²) in [7, 11) is 1.88. The van der Waals surface area contributed by atoms with Crippen LogP contribution in [0.15, 0.2) is 36.5 Å². The summed E-state index contributed by atoms with van der Waals surface area (Å²) in [5.41, 5.74) is 3.59. The van der Waals surface area contributed by atoms with Gasteiger partial charge in [0.05, 0.1) is 5.69 Å². The van der Waals surface area contributed by atoms with Gasteiger partial charge in [0.2, 0.25) is 0 Å². The van der Waals surface area contributed by atoms with E-state index in [-0.39, 0.29) is 5.92 Å². The molecule has 1 aromatic heterocycles. The van der Waals surface area contributed by atoms with Crippen molar-refractivity contribution in [3.63, 3.8) is 0 Å². The molecule has 0 amide bonds. The third-order valence-electron chi connectivity index (χ3n) is 3.96. The summed E-state index contributed by atoms with van der Waals surface area (Å²) in [4.78, 5) is 0. The van der Waals surface area contributed by atoms with Crippen molar-refractivity contribution in [2.45, 2.75) is 31.3 Å². The van der Waals surface area contributed by atoms with Gasteiger partial charge in [-0.15, -0.1) is 0 Å². The van der Waals surface area contributed by atoms with Crippen molar-refractivity contribution in [3.05, 3.63) is 53.3 Å². The maximum atomic E-state index is 10.6. The number of hydrogen-bond acceptors (Lipinski definition) is 2. The monoisotopic (exact) mass is 242 g/mol. The molecule has 1 aliphatic rings. The van der Waals surface area contributed by atoms with E-state index in [2.05, 4.69) is 29.4 Å². The van der Waals surface area contributed by atoms with Crippen LogP contribution in [0.2, 0.25) is 0 Å². The van der Waals surface area contributed by atoms with Crippen molar-refractivity contribution in [3.8, 4) is 0 Å². The molecule has 3 rings (SSSR count). The lowest BCUT2D eigenvalue weighted by molar-refractivity contribution is 0.127. The molecule has 94 valence electrons. The van der Waals surface area contributed by atoms with Crippen LogP contribution in [0.3, 0.4) is 0 Å². The van der Waals surface area contributed by atoms with E-state index in [1.165, 1.54) is 11.1 Å². The van der Waals surface area contributed by atoms with Gasteiger partial charge in [-0.25, -0.2) is 0 Å². The first-order valence-electron chi connectivity index (χ1n) is 6.51. The number of fused-ring (bicyclic) bond motifs is 1. The molecular weight excluding hydrogens is 224 g/mol. The second kappa shape index (κ2) is 4.58. The van der Waals surface area contributed by atoms with Crippen molar-refractivity contribution < 1.29 is 5.11 Å². The summed E-state index contributed by atoms with van der Waals surface area (Å²) in [6.07, 6.45) is 4.61. The van der Waals surface area contributed by atoms with E-state index in [0.717, 1.165) is 25.0 Å². The number of aromatic nitrogens is 2. The summed E-state index contributed by atoms with van der Waals surface area (Å²) in [6, 6.07) is 10.4. The normalized spacial score (nSPS) is 20.4. The van der Waals surface area contributed by atoms with Crippen molar-refractivity contribution in [1.29, 1.82) is 0 Å². The fraction of sp³-hybridized carbons (Fsp3) is 0.400. The summed E-state index contributed by atoms with van der Waals surface area (Å²) < 4.78 is 1.77. The molecule has 0 radical (unpaired) electrons. The number of nitrogens with zero attached hydrogens (tertiary/aromatic N) is 2. The van der Waals surface area contributed by atoms with Gasteiger partial charge in [0.25, 0.3) is 0 Å². The average molecular weight is 242 g/mol. The Kier molecular flexibility index (Phi) is 2.92. The lowest BCUT2D eigenvalue weighted by Gasteiger charge is -2.29. The average Bonchev–Trinajstić information content (AvgIpc) is 2.83. The molecule has 0 aliphatic heterocycles. The molecule has 1 aliphatic carbocycles. The van der Waals surface area contributed by atoms with Gasteiger partial charge in [0.15, 0.2) is 0 Å². The molecule has 18 heavy (non-hydrogen) atoms. The van der Waals surface area contributed by atoms with Crippen LogP contribution in [-0.2, 0) is 13.5 Å². The zero-order valence-corrected chi connectivity index (χ0v) is 10.6. The largest absolute Gasteiger partial charge is 0.386 e. The van der Waals surface area contributed by atoms with Crippen molar-refractivity contribution in [2.75, 3.05) is 0 Å². The number of aryl methyl sites for hydroxylation is 2. The van der Waals surface area contributed by atoms with Gasteiger partial charge in [0.1, 0.15) is 6.10 Å². The molecule has 3 nitrogen and oxygen atoms in total. The Morgan fingerprint density at radius 2 is 2.17 bits per heavy atom. The molecule has 2 aromatic rings. The van der Waals surface area contributed by atoms with Gasteiger partial charge >= 0.3 is 0 Å². The predicted octanol–water partition coefficient (Wildman–Crippen LogP) is 2.57. The molecule has 2 atom stereocenters. The number of aliphatic hydroxyl groups is 1. The summed E-state index contributed by atoms with van der Waals surface area (Å²) in [5.74, 6) is 0.199. The minimum atomic E-state index is -0.459. The highest BCUT2D eigenvalue weighted by molar-refractivity contribution is 5.34. The minimum absolute atomic E-state index is 0.199. The number of aliphatic hydroxyl groups excluding tert-OH is 1. The van der Waals surface area contributed by atoms with Gasteiger partial charge in [-0.2, -0.15) is 5.10 Å². The molecule has 1 N–H and O–H groups in total.